The number of ether oxygens (including phenoxy) is 1. The van der Waals surface area contributed by atoms with Gasteiger partial charge in [0.05, 0.1) is 30.9 Å². The van der Waals surface area contributed by atoms with E-state index in [-0.39, 0.29) is 24.0 Å². The van der Waals surface area contributed by atoms with Gasteiger partial charge in [0.1, 0.15) is 11.5 Å². The topological polar surface area (TPSA) is 113 Å². The van der Waals surface area contributed by atoms with E-state index in [1.54, 1.807) is 41.3 Å². The molecule has 2 heterocycles. The minimum atomic E-state index is -0.530. The van der Waals surface area contributed by atoms with E-state index < -0.39 is 17.7 Å². The standard InChI is InChI=1S/C20H22N4O5S/c1-2-28-16-8-4-3-7-15(16)19(27)21-20(30)23-22-18(26)13-10-17(25)24(11-13)12-14-6-5-9-29-14/h3-9,13H,2,10-12H2,1H3,(H,22,26)(H2,21,23,27,30). The molecule has 0 aliphatic carbocycles. The molecule has 1 saturated heterocycles. The summed E-state index contributed by atoms with van der Waals surface area (Å²) < 4.78 is 10.7. The summed E-state index contributed by atoms with van der Waals surface area (Å²) in [6.07, 6.45) is 1.63. The van der Waals surface area contributed by atoms with Gasteiger partial charge in [0.15, 0.2) is 5.11 Å². The van der Waals surface area contributed by atoms with Crippen molar-refractivity contribution in [3.05, 3.63) is 54.0 Å². The third kappa shape index (κ3) is 5.35. The molecule has 30 heavy (non-hydrogen) atoms. The molecule has 1 aliphatic heterocycles. The first-order chi connectivity index (χ1) is 14.5. The highest BCUT2D eigenvalue weighted by Gasteiger charge is 2.34. The highest BCUT2D eigenvalue weighted by Crippen LogP contribution is 2.20. The largest absolute Gasteiger partial charge is 0.493 e. The minimum absolute atomic E-state index is 0.0728. The van der Waals surface area contributed by atoms with Crippen molar-refractivity contribution in [2.75, 3.05) is 13.2 Å². The van der Waals surface area contributed by atoms with Crippen LogP contribution in [0.3, 0.4) is 0 Å². The number of furan rings is 1. The lowest BCUT2D eigenvalue weighted by molar-refractivity contribution is -0.129. The quantitative estimate of drug-likeness (QED) is 0.469. The Bertz CT molecular complexity index is 931. The number of nitrogens with one attached hydrogen (secondary N) is 3. The van der Waals surface area contributed by atoms with E-state index in [1.165, 1.54) is 6.26 Å². The molecule has 9 nitrogen and oxygen atoms in total. The van der Waals surface area contributed by atoms with E-state index in [2.05, 4.69) is 16.2 Å². The zero-order chi connectivity index (χ0) is 21.5. The fraction of sp³-hybridized carbons (Fsp3) is 0.300. The monoisotopic (exact) mass is 430 g/mol. The van der Waals surface area contributed by atoms with Gasteiger partial charge in [0.25, 0.3) is 5.91 Å². The molecule has 1 aliphatic rings. The Morgan fingerprint density at radius 3 is 2.77 bits per heavy atom. The Balaban J connectivity index is 1.47. The van der Waals surface area contributed by atoms with E-state index in [4.69, 9.17) is 21.4 Å². The third-order valence-corrected chi connectivity index (χ3v) is 4.67. The summed E-state index contributed by atoms with van der Waals surface area (Å²) in [6, 6.07) is 10.3. The lowest BCUT2D eigenvalue weighted by atomic mass is 10.1. The summed E-state index contributed by atoms with van der Waals surface area (Å²) in [5.41, 5.74) is 5.26. The van der Waals surface area contributed by atoms with Crippen LogP contribution in [-0.2, 0) is 16.1 Å². The van der Waals surface area contributed by atoms with Crippen molar-refractivity contribution in [3.8, 4) is 5.75 Å². The normalized spacial score (nSPS) is 15.6. The Labute approximate surface area is 178 Å². The molecule has 0 bridgehead atoms. The number of nitrogens with zero attached hydrogens (tertiary/aromatic N) is 1. The van der Waals surface area contributed by atoms with Crippen LogP contribution in [0.5, 0.6) is 5.75 Å². The molecule has 1 aromatic carbocycles. The average molecular weight is 430 g/mol. The fourth-order valence-corrected chi connectivity index (χ4v) is 3.19. The van der Waals surface area contributed by atoms with Crippen molar-refractivity contribution in [1.82, 2.24) is 21.1 Å². The molecule has 1 atom stereocenters. The van der Waals surface area contributed by atoms with Crippen molar-refractivity contribution in [1.29, 1.82) is 0 Å². The Kier molecular flexibility index (Phi) is 7.02. The molecule has 3 N–H and O–H groups in total. The van der Waals surface area contributed by atoms with Crippen LogP contribution in [0.25, 0.3) is 0 Å². The van der Waals surface area contributed by atoms with E-state index >= 15 is 0 Å². The van der Waals surface area contributed by atoms with Gasteiger partial charge in [-0.15, -0.1) is 0 Å². The van der Waals surface area contributed by atoms with Crippen LogP contribution in [0.15, 0.2) is 47.1 Å². The maximum absolute atomic E-state index is 12.4. The van der Waals surface area contributed by atoms with Crippen molar-refractivity contribution < 1.29 is 23.5 Å². The molecule has 0 radical (unpaired) electrons. The van der Waals surface area contributed by atoms with E-state index in [0.717, 1.165) is 0 Å². The van der Waals surface area contributed by atoms with Crippen LogP contribution >= 0.6 is 12.2 Å². The first-order valence-electron chi connectivity index (χ1n) is 9.41. The highest BCUT2D eigenvalue weighted by atomic mass is 32.1. The van der Waals surface area contributed by atoms with Gasteiger partial charge >= 0.3 is 0 Å². The van der Waals surface area contributed by atoms with Gasteiger partial charge in [-0.25, -0.2) is 0 Å². The summed E-state index contributed by atoms with van der Waals surface area (Å²) in [7, 11) is 0. The van der Waals surface area contributed by atoms with E-state index in [0.29, 0.717) is 30.2 Å². The fourth-order valence-electron chi connectivity index (χ4n) is 3.05. The lowest BCUT2D eigenvalue weighted by Gasteiger charge is -2.16. The second kappa shape index (κ2) is 9.88. The number of carbonyl (C=O) groups is 3. The molecule has 2 aromatic rings. The molecule has 3 rings (SSSR count). The molecule has 1 aromatic heterocycles. The number of carbonyl (C=O) groups excluding carboxylic acids is 3. The molecule has 1 unspecified atom stereocenters. The van der Waals surface area contributed by atoms with Crippen LogP contribution in [0.2, 0.25) is 0 Å². The average Bonchev–Trinajstić information content (AvgIpc) is 3.37. The summed E-state index contributed by atoms with van der Waals surface area (Å²) in [6.45, 7) is 2.82. The molecular weight excluding hydrogens is 408 g/mol. The second-order valence-corrected chi connectivity index (χ2v) is 6.99. The van der Waals surface area contributed by atoms with E-state index in [9.17, 15) is 14.4 Å². The van der Waals surface area contributed by atoms with Gasteiger partial charge in [0, 0.05) is 13.0 Å². The predicted octanol–water partition coefficient (Wildman–Crippen LogP) is 1.36. The van der Waals surface area contributed by atoms with Crippen LogP contribution < -0.4 is 20.9 Å². The van der Waals surface area contributed by atoms with E-state index in [1.807, 2.05) is 6.92 Å². The number of hydrazine groups is 1. The van der Waals surface area contributed by atoms with Gasteiger partial charge in [-0.3, -0.25) is 30.6 Å². The molecule has 158 valence electrons. The summed E-state index contributed by atoms with van der Waals surface area (Å²) in [5.74, 6) is -0.431. The van der Waals surface area contributed by atoms with Crippen molar-refractivity contribution in [3.63, 3.8) is 0 Å². The number of likely N-dealkylation sites (tertiary alicyclic amines) is 1. The molecule has 1 fully saturated rings. The number of benzene rings is 1. The summed E-state index contributed by atoms with van der Waals surface area (Å²) in [5, 5.41) is 2.41. The molecule has 3 amide bonds. The minimum Gasteiger partial charge on any atom is -0.493 e. The van der Waals surface area contributed by atoms with Gasteiger partial charge < -0.3 is 14.1 Å². The Morgan fingerprint density at radius 2 is 2.03 bits per heavy atom. The summed E-state index contributed by atoms with van der Waals surface area (Å²) in [4.78, 5) is 38.5. The lowest BCUT2D eigenvalue weighted by Crippen LogP contribution is -2.50. The van der Waals surface area contributed by atoms with Crippen molar-refractivity contribution in [2.45, 2.75) is 19.9 Å². The number of hydrogen-bond donors (Lipinski definition) is 3. The number of amides is 3. The number of para-hydroxylation sites is 1. The van der Waals surface area contributed by atoms with Crippen LogP contribution in [0, 0.1) is 5.92 Å². The second-order valence-electron chi connectivity index (χ2n) is 6.58. The third-order valence-electron chi connectivity index (χ3n) is 4.47. The predicted molar refractivity (Wildman–Crippen MR) is 111 cm³/mol. The molecule has 0 saturated carbocycles. The maximum atomic E-state index is 12.4. The first-order valence-corrected chi connectivity index (χ1v) is 9.82. The molecule has 10 heteroatoms. The van der Waals surface area contributed by atoms with Crippen molar-refractivity contribution >= 4 is 35.1 Å². The maximum Gasteiger partial charge on any atom is 0.261 e. The zero-order valence-electron chi connectivity index (χ0n) is 16.3. The highest BCUT2D eigenvalue weighted by molar-refractivity contribution is 7.80. The SMILES string of the molecule is CCOc1ccccc1C(=O)NC(=S)NNC(=O)C1CC(=O)N(Cc2ccco2)C1. The number of thiocarbonyl (C=S) groups is 1. The number of rotatable bonds is 6. The van der Waals surface area contributed by atoms with Crippen molar-refractivity contribution in [2.24, 2.45) is 5.92 Å². The first kappa shape index (κ1) is 21.3. The molecular formula is C20H22N4O5S. The van der Waals surface area contributed by atoms with Gasteiger partial charge in [-0.1, -0.05) is 12.1 Å². The van der Waals surface area contributed by atoms with Crippen LogP contribution in [-0.4, -0.2) is 40.9 Å². The van der Waals surface area contributed by atoms with Crippen LogP contribution in [0.1, 0.15) is 29.5 Å². The Hall–Kier alpha value is -3.40. The smallest absolute Gasteiger partial charge is 0.261 e. The van der Waals surface area contributed by atoms with Gasteiger partial charge in [-0.05, 0) is 43.4 Å². The zero-order valence-corrected chi connectivity index (χ0v) is 17.2. The Morgan fingerprint density at radius 1 is 1.23 bits per heavy atom. The number of hydrogen-bond acceptors (Lipinski definition) is 6. The van der Waals surface area contributed by atoms with Gasteiger partial charge in [0.2, 0.25) is 11.8 Å². The van der Waals surface area contributed by atoms with Gasteiger partial charge in [-0.2, -0.15) is 0 Å². The van der Waals surface area contributed by atoms with Crippen LogP contribution in [0.4, 0.5) is 0 Å². The molecule has 0 spiro atoms. The summed E-state index contributed by atoms with van der Waals surface area (Å²) >= 11 is 5.07.